The van der Waals surface area contributed by atoms with Gasteiger partial charge < -0.3 is 9.30 Å². The molecule has 0 unspecified atom stereocenters. The normalized spacial score (nSPS) is 11.1. The van der Waals surface area contributed by atoms with E-state index < -0.39 is 0 Å². The third-order valence-corrected chi connectivity index (χ3v) is 3.10. The summed E-state index contributed by atoms with van der Waals surface area (Å²) in [5, 5.41) is 9.10. The number of fused-ring (bicyclic) bond motifs is 1. The van der Waals surface area contributed by atoms with Crippen LogP contribution in [0.1, 0.15) is 25.2 Å². The molecule has 2 rings (SSSR count). The van der Waals surface area contributed by atoms with E-state index >= 15 is 0 Å². The van der Waals surface area contributed by atoms with Crippen molar-refractivity contribution >= 4 is 22.6 Å². The number of hydrogen-bond donors (Lipinski definition) is 0. The van der Waals surface area contributed by atoms with Crippen LogP contribution in [0.5, 0.6) is 0 Å². The third kappa shape index (κ3) is 2.89. The fourth-order valence-corrected chi connectivity index (χ4v) is 2.22. The average molecular weight is 278 g/mol. The number of ether oxygens (including phenoxy) is 1. The van der Waals surface area contributed by atoms with E-state index in [4.69, 9.17) is 21.6 Å². The number of halogens is 1. The minimum Gasteiger partial charge on any atom is -0.377 e. The number of hydrogen-bond acceptors (Lipinski definition) is 3. The predicted molar refractivity (Wildman–Crippen MR) is 75.1 cm³/mol. The number of nitriles is 1. The van der Waals surface area contributed by atoms with E-state index in [1.807, 2.05) is 30.5 Å². The van der Waals surface area contributed by atoms with Crippen molar-refractivity contribution in [1.82, 2.24) is 9.55 Å². The molecule has 1 heterocycles. The number of imidazole rings is 1. The van der Waals surface area contributed by atoms with Crippen LogP contribution in [-0.2, 0) is 17.2 Å². The molecular formula is C14H16ClN3O. The molecular weight excluding hydrogens is 262 g/mol. The smallest absolute Gasteiger partial charge is 0.124 e. The van der Waals surface area contributed by atoms with Crippen LogP contribution in [-0.4, -0.2) is 22.3 Å². The molecule has 19 heavy (non-hydrogen) atoms. The number of benzene rings is 1. The van der Waals surface area contributed by atoms with E-state index in [1.165, 1.54) is 0 Å². The summed E-state index contributed by atoms with van der Waals surface area (Å²) in [6.45, 7) is 5.29. The van der Waals surface area contributed by atoms with E-state index in [0.29, 0.717) is 30.1 Å². The first kappa shape index (κ1) is 13.9. The van der Waals surface area contributed by atoms with Gasteiger partial charge in [-0.1, -0.05) is 6.07 Å². The van der Waals surface area contributed by atoms with Crippen LogP contribution in [0, 0.1) is 11.3 Å². The van der Waals surface area contributed by atoms with Gasteiger partial charge in [-0.15, -0.1) is 11.6 Å². The summed E-state index contributed by atoms with van der Waals surface area (Å²) in [6.07, 6.45) is 0.198. The van der Waals surface area contributed by atoms with Crippen LogP contribution in [0.3, 0.4) is 0 Å². The number of para-hydroxylation sites is 1. The topological polar surface area (TPSA) is 50.8 Å². The van der Waals surface area contributed by atoms with Crippen LogP contribution in [0.4, 0.5) is 0 Å². The lowest BCUT2D eigenvalue weighted by Gasteiger charge is -2.10. The molecule has 1 aromatic heterocycles. The largest absolute Gasteiger partial charge is 0.377 e. The maximum absolute atomic E-state index is 9.10. The number of aromatic nitrogens is 2. The molecule has 5 heteroatoms. The highest BCUT2D eigenvalue weighted by atomic mass is 35.5. The summed E-state index contributed by atoms with van der Waals surface area (Å²) in [7, 11) is 0. The molecule has 0 aliphatic heterocycles. The molecule has 0 saturated carbocycles. The second-order valence-electron chi connectivity index (χ2n) is 4.52. The van der Waals surface area contributed by atoms with Gasteiger partial charge >= 0.3 is 0 Å². The summed E-state index contributed by atoms with van der Waals surface area (Å²) in [5.74, 6) is 1.09. The van der Waals surface area contributed by atoms with Crippen molar-refractivity contribution in [2.45, 2.75) is 32.4 Å². The van der Waals surface area contributed by atoms with Gasteiger partial charge in [-0.05, 0) is 26.0 Å². The van der Waals surface area contributed by atoms with Crippen molar-refractivity contribution in [2.24, 2.45) is 0 Å². The molecule has 0 saturated heterocycles. The molecule has 4 nitrogen and oxygen atoms in total. The van der Waals surface area contributed by atoms with Gasteiger partial charge in [-0.25, -0.2) is 4.98 Å². The summed E-state index contributed by atoms with van der Waals surface area (Å²) in [4.78, 5) is 4.45. The molecule has 0 atom stereocenters. The first-order chi connectivity index (χ1) is 9.17. The van der Waals surface area contributed by atoms with E-state index in [9.17, 15) is 0 Å². The SMILES string of the molecule is CC(C)OCCn1c(CCl)nc2c(C#N)cccc21. The monoisotopic (exact) mass is 277 g/mol. The Morgan fingerprint density at radius 3 is 2.89 bits per heavy atom. The maximum atomic E-state index is 9.10. The minimum atomic E-state index is 0.198. The van der Waals surface area contributed by atoms with Gasteiger partial charge in [0.1, 0.15) is 17.4 Å². The van der Waals surface area contributed by atoms with Crippen LogP contribution >= 0.6 is 11.6 Å². The lowest BCUT2D eigenvalue weighted by atomic mass is 10.2. The zero-order valence-corrected chi connectivity index (χ0v) is 11.8. The fourth-order valence-electron chi connectivity index (χ4n) is 2.02. The summed E-state index contributed by atoms with van der Waals surface area (Å²) < 4.78 is 7.58. The predicted octanol–water partition coefficient (Wildman–Crippen LogP) is 3.07. The molecule has 0 aliphatic carbocycles. The van der Waals surface area contributed by atoms with Crippen LogP contribution in [0.25, 0.3) is 11.0 Å². The van der Waals surface area contributed by atoms with E-state index in [0.717, 1.165) is 11.3 Å². The molecule has 0 radical (unpaired) electrons. The van der Waals surface area contributed by atoms with Crippen molar-refractivity contribution in [1.29, 1.82) is 5.26 Å². The molecule has 0 amide bonds. The summed E-state index contributed by atoms with van der Waals surface area (Å²) >= 11 is 5.93. The van der Waals surface area contributed by atoms with Crippen LogP contribution in [0.2, 0.25) is 0 Å². The molecule has 2 aromatic rings. The molecule has 100 valence electrons. The van der Waals surface area contributed by atoms with Gasteiger partial charge in [-0.2, -0.15) is 5.26 Å². The molecule has 0 spiro atoms. The Hall–Kier alpha value is -1.57. The van der Waals surface area contributed by atoms with Gasteiger partial charge in [-0.3, -0.25) is 0 Å². The summed E-state index contributed by atoms with van der Waals surface area (Å²) in [5.41, 5.74) is 2.22. The Labute approximate surface area is 117 Å². The highest BCUT2D eigenvalue weighted by Crippen LogP contribution is 2.20. The second-order valence-corrected chi connectivity index (χ2v) is 4.79. The van der Waals surface area contributed by atoms with Crippen molar-refractivity contribution in [2.75, 3.05) is 6.61 Å². The summed E-state index contributed by atoms with van der Waals surface area (Å²) in [6, 6.07) is 7.74. The third-order valence-electron chi connectivity index (χ3n) is 2.86. The van der Waals surface area contributed by atoms with E-state index in [-0.39, 0.29) is 6.10 Å². The minimum absolute atomic E-state index is 0.198. The van der Waals surface area contributed by atoms with Crippen LogP contribution in [0.15, 0.2) is 18.2 Å². The Bertz CT molecular complexity index is 613. The molecule has 0 bridgehead atoms. The average Bonchev–Trinajstić information content (AvgIpc) is 2.76. The van der Waals surface area contributed by atoms with Crippen molar-refractivity contribution in [3.63, 3.8) is 0 Å². The van der Waals surface area contributed by atoms with Gasteiger partial charge in [0, 0.05) is 6.54 Å². The first-order valence-corrected chi connectivity index (χ1v) is 6.76. The number of alkyl halides is 1. The van der Waals surface area contributed by atoms with Crippen molar-refractivity contribution in [3.05, 3.63) is 29.6 Å². The molecule has 0 fully saturated rings. The Balaban J connectivity index is 2.38. The highest BCUT2D eigenvalue weighted by molar-refractivity contribution is 6.16. The first-order valence-electron chi connectivity index (χ1n) is 6.23. The molecule has 0 N–H and O–H groups in total. The number of nitrogens with zero attached hydrogens (tertiary/aromatic N) is 3. The fraction of sp³-hybridized carbons (Fsp3) is 0.429. The standard InChI is InChI=1S/C14H16ClN3O/c1-10(2)19-7-6-18-12-5-3-4-11(9-16)14(12)17-13(18)8-15/h3-5,10H,6-8H2,1-2H3. The second kappa shape index (κ2) is 6.05. The van der Waals surface area contributed by atoms with Gasteiger partial charge in [0.05, 0.1) is 29.7 Å². The maximum Gasteiger partial charge on any atom is 0.124 e. The van der Waals surface area contributed by atoms with E-state index in [1.54, 1.807) is 6.07 Å². The van der Waals surface area contributed by atoms with Crippen LogP contribution < -0.4 is 0 Å². The molecule has 1 aromatic carbocycles. The van der Waals surface area contributed by atoms with Gasteiger partial charge in [0.2, 0.25) is 0 Å². The Kier molecular flexibility index (Phi) is 4.41. The van der Waals surface area contributed by atoms with Gasteiger partial charge in [0.15, 0.2) is 0 Å². The Morgan fingerprint density at radius 1 is 1.47 bits per heavy atom. The zero-order valence-electron chi connectivity index (χ0n) is 11.1. The van der Waals surface area contributed by atoms with Gasteiger partial charge in [0.25, 0.3) is 0 Å². The van der Waals surface area contributed by atoms with E-state index in [2.05, 4.69) is 11.1 Å². The Morgan fingerprint density at radius 2 is 2.26 bits per heavy atom. The van der Waals surface area contributed by atoms with Crippen molar-refractivity contribution in [3.8, 4) is 6.07 Å². The van der Waals surface area contributed by atoms with Crippen molar-refractivity contribution < 1.29 is 4.74 Å². The zero-order chi connectivity index (χ0) is 13.8. The quantitative estimate of drug-likeness (QED) is 0.789. The lowest BCUT2D eigenvalue weighted by molar-refractivity contribution is 0.0729. The molecule has 0 aliphatic rings. The number of rotatable bonds is 5. The highest BCUT2D eigenvalue weighted by Gasteiger charge is 2.12. The lowest BCUT2D eigenvalue weighted by Crippen LogP contribution is -2.12.